The summed E-state index contributed by atoms with van der Waals surface area (Å²) in [6, 6.07) is 14.1. The average molecular weight is 394 g/mol. The van der Waals surface area contributed by atoms with E-state index >= 15 is 0 Å². The standard InChI is InChI=1S/C23H26N2O4/c1-4-5-6-13-29-21-12-7-17(15-22(21)28-3)14-18(16-24)23(26)25-19-8-10-20(27-2)11-9-19/h7-12,14-15H,4-6,13H2,1-3H3,(H,25,26)/b18-14+. The average Bonchev–Trinajstić information content (AvgIpc) is 2.75. The Morgan fingerprint density at radius 2 is 1.83 bits per heavy atom. The van der Waals surface area contributed by atoms with Gasteiger partial charge in [-0.1, -0.05) is 25.8 Å². The zero-order valence-electron chi connectivity index (χ0n) is 17.0. The van der Waals surface area contributed by atoms with Crippen molar-refractivity contribution in [1.29, 1.82) is 5.26 Å². The minimum atomic E-state index is -0.489. The lowest BCUT2D eigenvalue weighted by Crippen LogP contribution is -2.13. The number of methoxy groups -OCH3 is 2. The Kier molecular flexibility index (Phi) is 8.58. The minimum Gasteiger partial charge on any atom is -0.497 e. The van der Waals surface area contributed by atoms with Crippen LogP contribution in [0.1, 0.15) is 31.7 Å². The Balaban J connectivity index is 2.12. The fourth-order valence-electron chi connectivity index (χ4n) is 2.62. The molecule has 1 N–H and O–H groups in total. The van der Waals surface area contributed by atoms with E-state index in [-0.39, 0.29) is 5.57 Å². The summed E-state index contributed by atoms with van der Waals surface area (Å²) >= 11 is 0. The number of carbonyl (C=O) groups excluding carboxylic acids is 1. The summed E-state index contributed by atoms with van der Waals surface area (Å²) in [5.74, 6) is 1.39. The molecule has 0 radical (unpaired) electrons. The molecule has 0 aliphatic carbocycles. The first-order valence-electron chi connectivity index (χ1n) is 9.49. The van der Waals surface area contributed by atoms with Gasteiger partial charge in [0.15, 0.2) is 11.5 Å². The lowest BCUT2D eigenvalue weighted by molar-refractivity contribution is -0.112. The summed E-state index contributed by atoms with van der Waals surface area (Å²) in [4.78, 5) is 12.4. The van der Waals surface area contributed by atoms with Crippen LogP contribution in [-0.2, 0) is 4.79 Å². The quantitative estimate of drug-likeness (QED) is 0.355. The smallest absolute Gasteiger partial charge is 0.266 e. The fraction of sp³-hybridized carbons (Fsp3) is 0.304. The molecule has 29 heavy (non-hydrogen) atoms. The topological polar surface area (TPSA) is 80.6 Å². The molecule has 0 aliphatic rings. The van der Waals surface area contributed by atoms with Crippen LogP contribution in [0.5, 0.6) is 17.2 Å². The van der Waals surface area contributed by atoms with Crippen LogP contribution in [-0.4, -0.2) is 26.7 Å². The second-order valence-electron chi connectivity index (χ2n) is 6.32. The van der Waals surface area contributed by atoms with Gasteiger partial charge < -0.3 is 19.5 Å². The van der Waals surface area contributed by atoms with Crippen molar-refractivity contribution in [2.24, 2.45) is 0 Å². The maximum Gasteiger partial charge on any atom is 0.266 e. The van der Waals surface area contributed by atoms with Crippen LogP contribution in [0.2, 0.25) is 0 Å². The summed E-state index contributed by atoms with van der Waals surface area (Å²) in [5.41, 5.74) is 1.23. The van der Waals surface area contributed by atoms with E-state index in [1.165, 1.54) is 6.08 Å². The van der Waals surface area contributed by atoms with Crippen LogP contribution in [0.15, 0.2) is 48.0 Å². The molecular weight excluding hydrogens is 368 g/mol. The SMILES string of the molecule is CCCCCOc1ccc(/C=C(\C#N)C(=O)Nc2ccc(OC)cc2)cc1OC. The van der Waals surface area contributed by atoms with Crippen molar-refractivity contribution in [3.8, 4) is 23.3 Å². The largest absolute Gasteiger partial charge is 0.497 e. The molecule has 1 amide bonds. The molecule has 0 spiro atoms. The monoisotopic (exact) mass is 394 g/mol. The maximum atomic E-state index is 12.4. The summed E-state index contributed by atoms with van der Waals surface area (Å²) < 4.78 is 16.2. The minimum absolute atomic E-state index is 0.0144. The number of ether oxygens (including phenoxy) is 3. The van der Waals surface area contributed by atoms with E-state index in [9.17, 15) is 10.1 Å². The summed E-state index contributed by atoms with van der Waals surface area (Å²) in [5, 5.41) is 12.1. The second kappa shape index (κ2) is 11.4. The Bertz CT molecular complexity index is 883. The van der Waals surface area contributed by atoms with Crippen molar-refractivity contribution in [2.45, 2.75) is 26.2 Å². The Labute approximate surface area is 171 Å². The molecule has 2 rings (SSSR count). The van der Waals surface area contributed by atoms with Crippen molar-refractivity contribution >= 4 is 17.7 Å². The molecular formula is C23H26N2O4. The number of hydrogen-bond acceptors (Lipinski definition) is 5. The molecule has 0 saturated carbocycles. The van der Waals surface area contributed by atoms with Gasteiger partial charge in [0.1, 0.15) is 17.4 Å². The van der Waals surface area contributed by atoms with Gasteiger partial charge in [0.2, 0.25) is 0 Å². The zero-order chi connectivity index (χ0) is 21.1. The highest BCUT2D eigenvalue weighted by Crippen LogP contribution is 2.29. The number of rotatable bonds is 10. The number of nitrogens with zero attached hydrogens (tertiary/aromatic N) is 1. The molecule has 0 aliphatic heterocycles. The molecule has 0 aromatic heterocycles. The highest BCUT2D eigenvalue weighted by molar-refractivity contribution is 6.09. The van der Waals surface area contributed by atoms with Gasteiger partial charge in [-0.25, -0.2) is 0 Å². The van der Waals surface area contributed by atoms with Gasteiger partial charge in [-0.2, -0.15) is 5.26 Å². The van der Waals surface area contributed by atoms with Gasteiger partial charge in [-0.05, 0) is 54.5 Å². The molecule has 0 unspecified atom stereocenters. The van der Waals surface area contributed by atoms with Gasteiger partial charge in [0, 0.05) is 5.69 Å². The maximum absolute atomic E-state index is 12.4. The van der Waals surface area contributed by atoms with E-state index in [1.54, 1.807) is 56.7 Å². The molecule has 2 aromatic carbocycles. The predicted octanol–water partition coefficient (Wildman–Crippen LogP) is 4.82. The van der Waals surface area contributed by atoms with Crippen molar-refractivity contribution in [2.75, 3.05) is 26.1 Å². The van der Waals surface area contributed by atoms with Crippen LogP contribution in [0.3, 0.4) is 0 Å². The summed E-state index contributed by atoms with van der Waals surface area (Å²) in [7, 11) is 3.13. The van der Waals surface area contributed by atoms with Crippen LogP contribution in [0, 0.1) is 11.3 Å². The lowest BCUT2D eigenvalue weighted by atomic mass is 10.1. The van der Waals surface area contributed by atoms with Gasteiger partial charge in [0.25, 0.3) is 5.91 Å². The molecule has 0 saturated heterocycles. The normalized spacial score (nSPS) is 10.8. The molecule has 152 valence electrons. The van der Waals surface area contributed by atoms with Crippen molar-refractivity contribution in [3.05, 3.63) is 53.6 Å². The number of amides is 1. The molecule has 6 nitrogen and oxygen atoms in total. The third-order valence-corrected chi connectivity index (χ3v) is 4.22. The first-order chi connectivity index (χ1) is 14.1. The van der Waals surface area contributed by atoms with Gasteiger partial charge in [-0.3, -0.25) is 4.79 Å². The lowest BCUT2D eigenvalue weighted by Gasteiger charge is -2.11. The van der Waals surface area contributed by atoms with E-state index in [4.69, 9.17) is 14.2 Å². The van der Waals surface area contributed by atoms with Crippen LogP contribution in [0.4, 0.5) is 5.69 Å². The predicted molar refractivity (Wildman–Crippen MR) is 113 cm³/mol. The van der Waals surface area contributed by atoms with Crippen LogP contribution < -0.4 is 19.5 Å². The summed E-state index contributed by atoms with van der Waals surface area (Å²) in [6.07, 6.45) is 4.73. The molecule has 0 bridgehead atoms. The fourth-order valence-corrected chi connectivity index (χ4v) is 2.62. The highest BCUT2D eigenvalue weighted by Gasteiger charge is 2.11. The van der Waals surface area contributed by atoms with Crippen molar-refractivity contribution < 1.29 is 19.0 Å². The van der Waals surface area contributed by atoms with Crippen LogP contribution >= 0.6 is 0 Å². The molecule has 6 heteroatoms. The van der Waals surface area contributed by atoms with E-state index in [0.717, 1.165) is 19.3 Å². The number of carbonyl (C=O) groups is 1. The molecule has 0 atom stereocenters. The van der Waals surface area contributed by atoms with Crippen molar-refractivity contribution in [1.82, 2.24) is 0 Å². The molecule has 2 aromatic rings. The van der Waals surface area contributed by atoms with Crippen molar-refractivity contribution in [3.63, 3.8) is 0 Å². The summed E-state index contributed by atoms with van der Waals surface area (Å²) in [6.45, 7) is 2.76. The highest BCUT2D eigenvalue weighted by atomic mass is 16.5. The first kappa shape index (κ1) is 21.8. The van der Waals surface area contributed by atoms with Gasteiger partial charge >= 0.3 is 0 Å². The Hall–Kier alpha value is -3.46. The third kappa shape index (κ3) is 6.58. The number of nitriles is 1. The van der Waals surface area contributed by atoms with E-state index < -0.39 is 5.91 Å². The number of unbranched alkanes of at least 4 members (excludes halogenated alkanes) is 2. The number of anilines is 1. The zero-order valence-corrected chi connectivity index (χ0v) is 17.0. The Morgan fingerprint density at radius 3 is 2.45 bits per heavy atom. The van der Waals surface area contributed by atoms with E-state index in [1.807, 2.05) is 6.07 Å². The molecule has 0 heterocycles. The van der Waals surface area contributed by atoms with E-state index in [2.05, 4.69) is 12.2 Å². The first-order valence-corrected chi connectivity index (χ1v) is 9.49. The Morgan fingerprint density at radius 1 is 1.07 bits per heavy atom. The number of nitrogens with one attached hydrogen (secondary N) is 1. The second-order valence-corrected chi connectivity index (χ2v) is 6.32. The van der Waals surface area contributed by atoms with E-state index in [0.29, 0.717) is 35.1 Å². The van der Waals surface area contributed by atoms with Gasteiger partial charge in [-0.15, -0.1) is 0 Å². The molecule has 0 fully saturated rings. The van der Waals surface area contributed by atoms with Gasteiger partial charge in [0.05, 0.1) is 20.8 Å². The third-order valence-electron chi connectivity index (χ3n) is 4.22. The van der Waals surface area contributed by atoms with Crippen LogP contribution in [0.25, 0.3) is 6.08 Å². The number of hydrogen-bond donors (Lipinski definition) is 1. The number of benzene rings is 2.